The van der Waals surface area contributed by atoms with Crippen LogP contribution in [0.3, 0.4) is 0 Å². The summed E-state index contributed by atoms with van der Waals surface area (Å²) in [5, 5.41) is 4.13. The van der Waals surface area contributed by atoms with Gasteiger partial charge in [-0.1, -0.05) is 18.2 Å². The number of benzene rings is 2. The molecular weight excluding hydrogens is 398 g/mol. The van der Waals surface area contributed by atoms with Gasteiger partial charge in [0.15, 0.2) is 9.84 Å². The van der Waals surface area contributed by atoms with Gasteiger partial charge in [-0.2, -0.15) is 0 Å². The van der Waals surface area contributed by atoms with Crippen molar-refractivity contribution in [3.63, 3.8) is 0 Å². The van der Waals surface area contributed by atoms with Crippen LogP contribution >= 0.6 is 0 Å². The normalized spacial score (nSPS) is 15.8. The summed E-state index contributed by atoms with van der Waals surface area (Å²) in [5.41, 5.74) is 1.50. The topological polar surface area (TPSA) is 88.5 Å². The second-order valence-corrected chi connectivity index (χ2v) is 10.5. The number of sulfone groups is 1. The molecule has 3 aromatic rings. The molecule has 0 amide bonds. The minimum atomic E-state index is -4.08. The van der Waals surface area contributed by atoms with Crippen LogP contribution in [-0.4, -0.2) is 53.2 Å². The summed E-state index contributed by atoms with van der Waals surface area (Å²) in [4.78, 5) is 1.80. The summed E-state index contributed by atoms with van der Waals surface area (Å²) in [5.74, 6) is 0. The van der Waals surface area contributed by atoms with Crippen LogP contribution in [-0.2, 0) is 19.9 Å². The number of rotatable bonds is 4. The number of anilines is 1. The first-order chi connectivity index (χ1) is 13.3. The number of nitrogens with one attached hydrogen (secondary N) is 1. The van der Waals surface area contributed by atoms with E-state index in [-0.39, 0.29) is 9.79 Å². The second kappa shape index (κ2) is 6.91. The van der Waals surface area contributed by atoms with E-state index in [1.165, 1.54) is 30.5 Å². The van der Waals surface area contributed by atoms with Crippen molar-refractivity contribution >= 4 is 36.5 Å². The van der Waals surface area contributed by atoms with Crippen molar-refractivity contribution < 1.29 is 16.8 Å². The molecule has 1 aliphatic heterocycles. The van der Waals surface area contributed by atoms with Crippen LogP contribution in [0.25, 0.3) is 10.9 Å². The van der Waals surface area contributed by atoms with Crippen LogP contribution in [0.4, 0.5) is 5.69 Å². The summed E-state index contributed by atoms with van der Waals surface area (Å²) in [6.45, 7) is 3.43. The zero-order valence-corrected chi connectivity index (χ0v) is 17.0. The zero-order valence-electron chi connectivity index (χ0n) is 15.4. The van der Waals surface area contributed by atoms with Gasteiger partial charge in [-0.05, 0) is 30.3 Å². The first-order valence-electron chi connectivity index (χ1n) is 8.90. The Kier molecular flexibility index (Phi) is 4.68. The number of fused-ring (bicyclic) bond motifs is 1. The number of piperazine rings is 1. The highest BCUT2D eigenvalue weighted by molar-refractivity contribution is 7.93. The van der Waals surface area contributed by atoms with Crippen LogP contribution < -0.4 is 10.2 Å². The molecule has 1 saturated heterocycles. The minimum absolute atomic E-state index is 0.199. The Balaban J connectivity index is 1.89. The van der Waals surface area contributed by atoms with E-state index in [1.807, 2.05) is 12.1 Å². The molecule has 4 rings (SSSR count). The molecule has 1 N–H and O–H groups in total. The predicted molar refractivity (Wildman–Crippen MR) is 109 cm³/mol. The summed E-state index contributed by atoms with van der Waals surface area (Å²) >= 11 is 0. The SMILES string of the molecule is CS(=O)(=O)c1ccccc1S(=O)(=O)n1ccc2c(N3CCNCC3)cccc21. The molecule has 148 valence electrons. The molecule has 1 fully saturated rings. The van der Waals surface area contributed by atoms with E-state index in [2.05, 4.69) is 10.2 Å². The van der Waals surface area contributed by atoms with Gasteiger partial charge in [0, 0.05) is 49.7 Å². The third kappa shape index (κ3) is 3.19. The van der Waals surface area contributed by atoms with Gasteiger partial charge in [-0.25, -0.2) is 20.8 Å². The molecule has 1 aliphatic rings. The molecule has 9 heteroatoms. The third-order valence-corrected chi connectivity index (χ3v) is 7.95. The predicted octanol–water partition coefficient (Wildman–Crippen LogP) is 1.69. The second-order valence-electron chi connectivity index (χ2n) is 6.78. The average Bonchev–Trinajstić information content (AvgIpc) is 3.13. The lowest BCUT2D eigenvalue weighted by Gasteiger charge is -2.30. The largest absolute Gasteiger partial charge is 0.368 e. The standard InChI is InChI=1S/C19H21N3O4S2/c1-27(23,24)18-7-2-3-8-19(18)28(25,26)22-12-9-15-16(5-4-6-17(15)22)21-13-10-20-11-14-21/h2-9,12,20H,10-11,13-14H2,1H3. The van der Waals surface area contributed by atoms with Crippen LogP contribution in [0, 0.1) is 0 Å². The van der Waals surface area contributed by atoms with Gasteiger partial charge < -0.3 is 10.2 Å². The number of hydrogen-bond donors (Lipinski definition) is 1. The van der Waals surface area contributed by atoms with E-state index in [9.17, 15) is 16.8 Å². The Bertz CT molecular complexity index is 1240. The molecule has 0 unspecified atom stereocenters. The summed E-state index contributed by atoms with van der Waals surface area (Å²) in [6, 6.07) is 13.0. The smallest absolute Gasteiger partial charge is 0.269 e. The monoisotopic (exact) mass is 419 g/mol. The fourth-order valence-corrected chi connectivity index (χ4v) is 6.55. The highest BCUT2D eigenvalue weighted by atomic mass is 32.2. The molecule has 1 aromatic heterocycles. The number of nitrogens with zero attached hydrogens (tertiary/aromatic N) is 2. The zero-order chi connectivity index (χ0) is 19.9. The van der Waals surface area contributed by atoms with E-state index in [4.69, 9.17) is 0 Å². The lowest BCUT2D eigenvalue weighted by Crippen LogP contribution is -2.43. The fourth-order valence-electron chi connectivity index (χ4n) is 3.59. The van der Waals surface area contributed by atoms with Crippen LogP contribution in [0.5, 0.6) is 0 Å². The van der Waals surface area contributed by atoms with Crippen molar-refractivity contribution in [1.29, 1.82) is 0 Å². The van der Waals surface area contributed by atoms with Crippen molar-refractivity contribution in [2.75, 3.05) is 37.3 Å². The van der Waals surface area contributed by atoms with Gasteiger partial charge in [-0.15, -0.1) is 0 Å². The number of hydrogen-bond acceptors (Lipinski definition) is 6. The van der Waals surface area contributed by atoms with Gasteiger partial charge in [0.05, 0.1) is 10.4 Å². The van der Waals surface area contributed by atoms with Crippen molar-refractivity contribution in [3.05, 3.63) is 54.7 Å². The average molecular weight is 420 g/mol. The molecule has 2 aromatic carbocycles. The summed E-state index contributed by atoms with van der Waals surface area (Å²) < 4.78 is 52.1. The van der Waals surface area contributed by atoms with Gasteiger partial charge in [-0.3, -0.25) is 0 Å². The van der Waals surface area contributed by atoms with Gasteiger partial charge in [0.25, 0.3) is 10.0 Å². The first-order valence-corrected chi connectivity index (χ1v) is 12.2. The first kappa shape index (κ1) is 19.0. The van der Waals surface area contributed by atoms with Crippen molar-refractivity contribution in [2.24, 2.45) is 0 Å². The van der Waals surface area contributed by atoms with E-state index in [0.717, 1.165) is 47.5 Å². The van der Waals surface area contributed by atoms with Crippen LogP contribution in [0.15, 0.2) is 64.5 Å². The van der Waals surface area contributed by atoms with Crippen molar-refractivity contribution in [2.45, 2.75) is 9.79 Å². The number of aromatic nitrogens is 1. The van der Waals surface area contributed by atoms with Crippen LogP contribution in [0.1, 0.15) is 0 Å². The summed E-state index contributed by atoms with van der Waals surface area (Å²) in [6.07, 6.45) is 2.50. The van der Waals surface area contributed by atoms with Crippen LogP contribution in [0.2, 0.25) is 0 Å². The van der Waals surface area contributed by atoms with E-state index in [0.29, 0.717) is 5.52 Å². The molecular formula is C19H21N3O4S2. The Labute approximate surface area is 164 Å². The third-order valence-electron chi connectivity index (χ3n) is 4.92. The molecule has 0 aliphatic carbocycles. The Morgan fingerprint density at radius 1 is 0.857 bits per heavy atom. The van der Waals surface area contributed by atoms with E-state index in [1.54, 1.807) is 12.1 Å². The van der Waals surface area contributed by atoms with Gasteiger partial charge in [0.2, 0.25) is 0 Å². The maximum Gasteiger partial charge on any atom is 0.269 e. The minimum Gasteiger partial charge on any atom is -0.368 e. The molecule has 2 heterocycles. The molecule has 0 radical (unpaired) electrons. The van der Waals surface area contributed by atoms with E-state index < -0.39 is 19.9 Å². The van der Waals surface area contributed by atoms with Crippen molar-refractivity contribution in [3.8, 4) is 0 Å². The maximum atomic E-state index is 13.3. The molecule has 0 saturated carbocycles. The quantitative estimate of drug-likeness (QED) is 0.692. The van der Waals surface area contributed by atoms with Crippen molar-refractivity contribution in [1.82, 2.24) is 9.29 Å². The summed E-state index contributed by atoms with van der Waals surface area (Å²) in [7, 11) is -7.77. The Morgan fingerprint density at radius 2 is 1.54 bits per heavy atom. The van der Waals surface area contributed by atoms with Gasteiger partial charge >= 0.3 is 0 Å². The fraction of sp³-hybridized carbons (Fsp3) is 0.263. The molecule has 0 spiro atoms. The lowest BCUT2D eigenvalue weighted by molar-refractivity contribution is 0.580. The molecule has 7 nitrogen and oxygen atoms in total. The Hall–Kier alpha value is -2.36. The molecule has 0 atom stereocenters. The molecule has 28 heavy (non-hydrogen) atoms. The van der Waals surface area contributed by atoms with E-state index >= 15 is 0 Å². The Morgan fingerprint density at radius 3 is 2.21 bits per heavy atom. The van der Waals surface area contributed by atoms with Gasteiger partial charge in [0.1, 0.15) is 4.90 Å². The molecule has 0 bridgehead atoms. The lowest BCUT2D eigenvalue weighted by atomic mass is 10.2. The highest BCUT2D eigenvalue weighted by Gasteiger charge is 2.27. The highest BCUT2D eigenvalue weighted by Crippen LogP contribution is 2.31. The maximum absolute atomic E-state index is 13.3.